The molecule has 0 atom stereocenters. The van der Waals surface area contributed by atoms with E-state index in [1.54, 1.807) is 0 Å². The highest BCUT2D eigenvalue weighted by atomic mass is 16.1. The first-order valence-electron chi connectivity index (χ1n) is 4.03. The number of hydrogen-bond donors (Lipinski definition) is 0. The van der Waals surface area contributed by atoms with Crippen molar-refractivity contribution in [2.75, 3.05) is 27.2 Å². The van der Waals surface area contributed by atoms with Crippen LogP contribution in [0.15, 0.2) is 12.2 Å². The van der Waals surface area contributed by atoms with Crippen molar-refractivity contribution in [2.45, 2.75) is 13.3 Å². The Kier molecular flexibility index (Phi) is 4.79. The van der Waals surface area contributed by atoms with Gasteiger partial charge in [-0.15, -0.1) is 0 Å². The Bertz CT molecular complexity index is 138. The average molecular weight is 156 g/mol. The van der Waals surface area contributed by atoms with Gasteiger partial charge >= 0.3 is 0 Å². The van der Waals surface area contributed by atoms with E-state index in [0.717, 1.165) is 23.7 Å². The molecular weight excluding hydrogens is 138 g/mol. The molecule has 0 N–H and O–H groups in total. The molecule has 0 saturated heterocycles. The van der Waals surface area contributed by atoms with Gasteiger partial charge in [-0.25, -0.2) is 0 Å². The van der Waals surface area contributed by atoms with Gasteiger partial charge in [0.2, 0.25) is 0 Å². The van der Waals surface area contributed by atoms with Gasteiger partial charge in [0.15, 0.2) is 6.29 Å². The maximum atomic E-state index is 10.2. The van der Waals surface area contributed by atoms with Crippen LogP contribution in [0.3, 0.4) is 0 Å². The monoisotopic (exact) mass is 156 g/mol. The molecule has 64 valence electrons. The molecular formula is C9H18NO+. The zero-order chi connectivity index (χ0) is 8.74. The van der Waals surface area contributed by atoms with Gasteiger partial charge in [0, 0.05) is 0 Å². The van der Waals surface area contributed by atoms with Crippen molar-refractivity contribution < 1.29 is 9.28 Å². The highest BCUT2D eigenvalue weighted by Gasteiger charge is 2.10. The van der Waals surface area contributed by atoms with Crippen LogP contribution in [0.25, 0.3) is 0 Å². The summed E-state index contributed by atoms with van der Waals surface area (Å²) in [4.78, 5) is 10.2. The summed E-state index contributed by atoms with van der Waals surface area (Å²) in [5.74, 6) is 0. The molecule has 0 aliphatic heterocycles. The fourth-order valence-corrected chi connectivity index (χ4v) is 0.803. The predicted octanol–water partition coefficient (Wildman–Crippen LogP) is 1.23. The largest absolute Gasteiger partial charge is 0.319 e. The van der Waals surface area contributed by atoms with Crippen molar-refractivity contribution in [1.82, 2.24) is 0 Å². The molecule has 0 spiro atoms. The Hall–Kier alpha value is -0.630. The van der Waals surface area contributed by atoms with Gasteiger partial charge < -0.3 is 4.48 Å². The zero-order valence-corrected chi connectivity index (χ0v) is 7.71. The summed E-state index contributed by atoms with van der Waals surface area (Å²) in [5.41, 5.74) is 0. The van der Waals surface area contributed by atoms with Crippen LogP contribution in [0.4, 0.5) is 0 Å². The Labute approximate surface area is 69.1 Å². The Balaban J connectivity index is 3.71. The molecule has 2 nitrogen and oxygen atoms in total. The third-order valence-electron chi connectivity index (χ3n) is 1.57. The van der Waals surface area contributed by atoms with Gasteiger partial charge in [0.05, 0.1) is 20.6 Å². The van der Waals surface area contributed by atoms with Crippen LogP contribution in [-0.4, -0.2) is 38.0 Å². The molecule has 0 bridgehead atoms. The first-order valence-corrected chi connectivity index (χ1v) is 4.03. The fourth-order valence-electron chi connectivity index (χ4n) is 0.803. The lowest BCUT2D eigenvalue weighted by Crippen LogP contribution is -2.41. The van der Waals surface area contributed by atoms with Crippen LogP contribution in [-0.2, 0) is 4.79 Å². The molecule has 0 aromatic heterocycles. The molecule has 0 aromatic rings. The third-order valence-corrected chi connectivity index (χ3v) is 1.57. The van der Waals surface area contributed by atoms with Crippen molar-refractivity contribution in [3.05, 3.63) is 12.2 Å². The number of hydrogen-bond acceptors (Lipinski definition) is 1. The summed E-state index contributed by atoms with van der Waals surface area (Å²) in [5, 5.41) is 0. The number of aldehydes is 1. The summed E-state index contributed by atoms with van der Waals surface area (Å²) >= 11 is 0. The summed E-state index contributed by atoms with van der Waals surface area (Å²) in [7, 11) is 4.10. The molecule has 0 heterocycles. The second kappa shape index (κ2) is 5.08. The van der Waals surface area contributed by atoms with Crippen molar-refractivity contribution in [3.63, 3.8) is 0 Å². The maximum Gasteiger partial charge on any atom is 0.174 e. The van der Waals surface area contributed by atoms with Gasteiger partial charge in [-0.3, -0.25) is 4.79 Å². The molecule has 0 saturated carbocycles. The number of carbonyl (C=O) groups is 1. The SMILES string of the molecule is CCC=CC[N+](C)(C)CC=O. The van der Waals surface area contributed by atoms with Crippen LogP contribution in [0.5, 0.6) is 0 Å². The van der Waals surface area contributed by atoms with Crippen molar-refractivity contribution >= 4 is 6.29 Å². The maximum absolute atomic E-state index is 10.2. The fraction of sp³-hybridized carbons (Fsp3) is 0.667. The Morgan fingerprint density at radius 1 is 1.18 bits per heavy atom. The quantitative estimate of drug-likeness (QED) is 0.332. The second-order valence-corrected chi connectivity index (χ2v) is 3.35. The molecule has 0 aliphatic rings. The van der Waals surface area contributed by atoms with E-state index in [0.29, 0.717) is 6.54 Å². The molecule has 11 heavy (non-hydrogen) atoms. The second-order valence-electron chi connectivity index (χ2n) is 3.35. The lowest BCUT2D eigenvalue weighted by Gasteiger charge is -2.25. The normalized spacial score (nSPS) is 12.3. The van der Waals surface area contributed by atoms with Crippen molar-refractivity contribution in [1.29, 1.82) is 0 Å². The smallest absolute Gasteiger partial charge is 0.174 e. The topological polar surface area (TPSA) is 17.1 Å². The van der Waals surface area contributed by atoms with E-state index >= 15 is 0 Å². The van der Waals surface area contributed by atoms with Crippen LogP contribution < -0.4 is 0 Å². The van der Waals surface area contributed by atoms with Gasteiger partial charge in [-0.2, -0.15) is 0 Å². The first-order chi connectivity index (χ1) is 5.12. The average Bonchev–Trinajstić information content (AvgIpc) is 1.87. The highest BCUT2D eigenvalue weighted by molar-refractivity contribution is 5.50. The lowest BCUT2D eigenvalue weighted by atomic mass is 10.3. The Morgan fingerprint density at radius 3 is 2.27 bits per heavy atom. The number of rotatable bonds is 5. The summed E-state index contributed by atoms with van der Waals surface area (Å²) in [6.07, 6.45) is 6.30. The number of nitrogens with zero attached hydrogens (tertiary/aromatic N) is 1. The highest BCUT2D eigenvalue weighted by Crippen LogP contribution is 1.95. The number of quaternary nitrogens is 1. The molecule has 0 amide bonds. The third kappa shape index (κ3) is 5.80. The molecule has 0 rings (SSSR count). The van der Waals surface area contributed by atoms with Crippen LogP contribution in [0.2, 0.25) is 0 Å². The van der Waals surface area contributed by atoms with Crippen LogP contribution in [0, 0.1) is 0 Å². The van der Waals surface area contributed by atoms with Gasteiger partial charge in [0.25, 0.3) is 0 Å². The van der Waals surface area contributed by atoms with E-state index in [1.165, 1.54) is 0 Å². The van der Waals surface area contributed by atoms with Gasteiger partial charge in [-0.05, 0) is 12.5 Å². The molecule has 0 unspecified atom stereocenters. The van der Waals surface area contributed by atoms with E-state index in [-0.39, 0.29) is 0 Å². The van der Waals surface area contributed by atoms with E-state index in [2.05, 4.69) is 33.2 Å². The van der Waals surface area contributed by atoms with Gasteiger partial charge in [0.1, 0.15) is 6.54 Å². The minimum atomic E-state index is 0.591. The van der Waals surface area contributed by atoms with Crippen LogP contribution in [0.1, 0.15) is 13.3 Å². The predicted molar refractivity (Wildman–Crippen MR) is 47.3 cm³/mol. The lowest BCUT2D eigenvalue weighted by molar-refractivity contribution is -0.875. The molecule has 0 aromatic carbocycles. The van der Waals surface area contributed by atoms with E-state index in [4.69, 9.17) is 0 Å². The van der Waals surface area contributed by atoms with E-state index < -0.39 is 0 Å². The van der Waals surface area contributed by atoms with Crippen molar-refractivity contribution in [3.8, 4) is 0 Å². The summed E-state index contributed by atoms with van der Waals surface area (Å²) in [6, 6.07) is 0. The van der Waals surface area contributed by atoms with E-state index in [9.17, 15) is 4.79 Å². The minimum absolute atomic E-state index is 0.591. The van der Waals surface area contributed by atoms with Gasteiger partial charge in [-0.1, -0.05) is 13.0 Å². The molecule has 0 fully saturated rings. The minimum Gasteiger partial charge on any atom is -0.319 e. The first kappa shape index (κ1) is 10.4. The Morgan fingerprint density at radius 2 is 1.82 bits per heavy atom. The number of likely N-dealkylation sites (N-methyl/N-ethyl adjacent to an activating group) is 1. The standard InChI is InChI=1S/C9H18NO/c1-4-5-6-7-10(2,3)8-9-11/h5-6,9H,4,7-8H2,1-3H3/q+1. The number of carbonyl (C=O) groups excluding carboxylic acids is 1. The molecule has 0 radical (unpaired) electrons. The molecule has 2 heteroatoms. The number of allylic oxidation sites excluding steroid dienone is 1. The zero-order valence-electron chi connectivity index (χ0n) is 7.71. The summed E-state index contributed by atoms with van der Waals surface area (Å²) < 4.78 is 0.750. The van der Waals surface area contributed by atoms with Crippen molar-refractivity contribution in [2.24, 2.45) is 0 Å². The molecule has 0 aliphatic carbocycles. The van der Waals surface area contributed by atoms with Crippen LogP contribution >= 0.6 is 0 Å². The summed E-state index contributed by atoms with van der Waals surface area (Å²) in [6.45, 7) is 3.64. The van der Waals surface area contributed by atoms with E-state index in [1.807, 2.05) is 0 Å².